The van der Waals surface area contributed by atoms with E-state index in [1.807, 2.05) is 62.5 Å². The summed E-state index contributed by atoms with van der Waals surface area (Å²) < 4.78 is 29.0. The molecule has 0 fully saturated rings. The minimum atomic E-state index is -1.01. The number of nitrogens with zero attached hydrogens (tertiary/aromatic N) is 1. The molecule has 2 atom stereocenters. The van der Waals surface area contributed by atoms with E-state index < -0.39 is 23.8 Å². The number of aliphatic hydroxyl groups excluding tert-OH is 1. The second-order valence-electron chi connectivity index (χ2n) is 10.8. The van der Waals surface area contributed by atoms with Crippen molar-refractivity contribution in [3.8, 4) is 0 Å². The van der Waals surface area contributed by atoms with Gasteiger partial charge in [-0.3, -0.25) is 9.69 Å². The van der Waals surface area contributed by atoms with Crippen LogP contribution in [0.1, 0.15) is 38.2 Å². The van der Waals surface area contributed by atoms with Crippen molar-refractivity contribution in [2.75, 3.05) is 13.6 Å². The van der Waals surface area contributed by atoms with Gasteiger partial charge in [0.15, 0.2) is 0 Å². The van der Waals surface area contributed by atoms with Crippen LogP contribution in [0, 0.1) is 22.1 Å². The first-order valence-corrected chi connectivity index (χ1v) is 14.9. The quantitative estimate of drug-likeness (QED) is 0.131. The van der Waals surface area contributed by atoms with Gasteiger partial charge in [0.1, 0.15) is 11.6 Å². The Labute approximate surface area is 284 Å². The molecule has 0 spiro atoms. The fourth-order valence-corrected chi connectivity index (χ4v) is 5.63. The van der Waals surface area contributed by atoms with Gasteiger partial charge in [-0.05, 0) is 102 Å². The summed E-state index contributed by atoms with van der Waals surface area (Å²) in [5.74, 6) is -1.77. The van der Waals surface area contributed by atoms with Gasteiger partial charge in [-0.15, -0.1) is 24.8 Å². The molecule has 1 amide bonds. The van der Waals surface area contributed by atoms with Gasteiger partial charge >= 0.3 is 0 Å². The van der Waals surface area contributed by atoms with Gasteiger partial charge in [0.2, 0.25) is 0 Å². The number of amides is 1. The summed E-state index contributed by atoms with van der Waals surface area (Å²) in [7, 11) is 2.03. The summed E-state index contributed by atoms with van der Waals surface area (Å²) >= 11 is 2.24. The highest BCUT2D eigenvalue weighted by Crippen LogP contribution is 2.16. The number of carbonyl (C=O) groups is 1. The number of nitrogens with one attached hydrogen (secondary N) is 2. The molecule has 0 radical (unpaired) electrons. The molecule has 0 aliphatic heterocycles. The molecule has 0 heterocycles. The summed E-state index contributed by atoms with van der Waals surface area (Å²) in [6.07, 6.45) is -0.949. The maximum Gasteiger partial charge on any atom is 0.251 e. The van der Waals surface area contributed by atoms with Gasteiger partial charge in [0, 0.05) is 41.4 Å². The minimum Gasteiger partial charge on any atom is -0.390 e. The third-order valence-corrected chi connectivity index (χ3v) is 7.55. The van der Waals surface area contributed by atoms with Crippen molar-refractivity contribution < 1.29 is 18.7 Å². The Morgan fingerprint density at radius 1 is 0.841 bits per heavy atom. The first-order chi connectivity index (χ1) is 20.1. The molecule has 0 bridgehead atoms. The van der Waals surface area contributed by atoms with Crippen molar-refractivity contribution in [1.82, 2.24) is 15.5 Å². The van der Waals surface area contributed by atoms with Gasteiger partial charge in [0.05, 0.1) is 12.1 Å². The Morgan fingerprint density at radius 3 is 2.18 bits per heavy atom. The highest BCUT2D eigenvalue weighted by molar-refractivity contribution is 14.1. The van der Waals surface area contributed by atoms with E-state index in [1.165, 1.54) is 17.7 Å². The van der Waals surface area contributed by atoms with Crippen LogP contribution < -0.4 is 10.6 Å². The van der Waals surface area contributed by atoms with Crippen LogP contribution in [0.25, 0.3) is 0 Å². The highest BCUT2D eigenvalue weighted by Gasteiger charge is 2.23. The molecule has 0 aliphatic carbocycles. The van der Waals surface area contributed by atoms with Gasteiger partial charge in [0.25, 0.3) is 5.91 Å². The van der Waals surface area contributed by atoms with Gasteiger partial charge in [-0.2, -0.15) is 0 Å². The topological polar surface area (TPSA) is 64.6 Å². The molecule has 4 aromatic carbocycles. The molecule has 0 saturated heterocycles. The Kier molecular flexibility index (Phi) is 15.7. The lowest BCUT2D eigenvalue weighted by atomic mass is 9.99. The van der Waals surface area contributed by atoms with Crippen LogP contribution in [0.4, 0.5) is 8.78 Å². The predicted molar refractivity (Wildman–Crippen MR) is 185 cm³/mol. The molecule has 0 saturated carbocycles. The second kappa shape index (κ2) is 18.4. The number of hydrogen-bond donors (Lipinski definition) is 3. The number of rotatable bonds is 13. The first-order valence-electron chi connectivity index (χ1n) is 13.9. The van der Waals surface area contributed by atoms with Crippen molar-refractivity contribution in [3.05, 3.63) is 140 Å². The third-order valence-electron chi connectivity index (χ3n) is 6.88. The lowest BCUT2D eigenvalue weighted by Crippen LogP contribution is -2.48. The zero-order chi connectivity index (χ0) is 30.1. The van der Waals surface area contributed by atoms with E-state index in [1.54, 1.807) is 6.07 Å². The maximum atomic E-state index is 14.0. The Morgan fingerprint density at radius 2 is 1.50 bits per heavy atom. The van der Waals surface area contributed by atoms with Crippen LogP contribution in [0.5, 0.6) is 0 Å². The first kappa shape index (κ1) is 37.6. The van der Waals surface area contributed by atoms with Crippen LogP contribution >= 0.6 is 47.4 Å². The van der Waals surface area contributed by atoms with Crippen LogP contribution in [0.3, 0.4) is 0 Å². The molecule has 0 aromatic heterocycles. The molecule has 10 heteroatoms. The molecular formula is C34H38Cl2F2IN3O2. The number of aliphatic hydroxyl groups is 1. The van der Waals surface area contributed by atoms with Crippen LogP contribution in [0.15, 0.2) is 91.0 Å². The summed E-state index contributed by atoms with van der Waals surface area (Å²) in [5.41, 5.74) is 5.00. The zero-order valence-corrected chi connectivity index (χ0v) is 28.4. The Hall–Kier alpha value is -2.60. The number of aryl methyl sites for hydroxylation is 1. The van der Waals surface area contributed by atoms with Gasteiger partial charge < -0.3 is 15.7 Å². The van der Waals surface area contributed by atoms with E-state index in [0.29, 0.717) is 24.2 Å². The molecule has 4 aromatic rings. The van der Waals surface area contributed by atoms with Crippen molar-refractivity contribution >= 4 is 53.3 Å². The second-order valence-corrected chi connectivity index (χ2v) is 12.0. The molecular weight excluding hydrogens is 718 g/mol. The monoisotopic (exact) mass is 755 g/mol. The molecule has 4 rings (SSSR count). The van der Waals surface area contributed by atoms with Crippen molar-refractivity contribution in [2.45, 2.75) is 45.1 Å². The van der Waals surface area contributed by atoms with Gasteiger partial charge in [-0.1, -0.05) is 54.1 Å². The number of halogens is 5. The summed E-state index contributed by atoms with van der Waals surface area (Å²) in [4.78, 5) is 15.7. The number of carbonyl (C=O) groups excluding carboxylic acids is 1. The van der Waals surface area contributed by atoms with E-state index in [0.717, 1.165) is 32.9 Å². The standard InChI is InChI=1S/C34H36F2IN3O2.2ClH/c1-23-11-27(22-40(2)21-24-7-4-3-5-8-24)13-28(12-23)34(42)39-32(17-26-14-29(35)18-30(36)15-26)33(41)20-38-19-25-9-6-10-31(37)16-25;;/h3-16,18,32-33,38,41H,17,19-22H2,1-2H3,(H,39,42);2*1H/t32-,33+;;/m0../s1. The SMILES string of the molecule is Cc1cc(CN(C)Cc2ccccc2)cc(C(=O)N[C@@H](Cc2cc(F)cc(F)c2)[C@H](O)CNCc2cccc(I)c2)c1.Cl.Cl. The van der Waals surface area contributed by atoms with Crippen molar-refractivity contribution in [3.63, 3.8) is 0 Å². The number of hydrogen-bond acceptors (Lipinski definition) is 4. The van der Waals surface area contributed by atoms with Crippen LogP contribution in [0.2, 0.25) is 0 Å². The van der Waals surface area contributed by atoms with Crippen molar-refractivity contribution in [2.24, 2.45) is 0 Å². The average Bonchev–Trinajstić information content (AvgIpc) is 2.92. The smallest absolute Gasteiger partial charge is 0.251 e. The molecule has 236 valence electrons. The largest absolute Gasteiger partial charge is 0.390 e. The molecule has 44 heavy (non-hydrogen) atoms. The zero-order valence-electron chi connectivity index (χ0n) is 24.6. The lowest BCUT2D eigenvalue weighted by Gasteiger charge is -2.25. The fourth-order valence-electron chi connectivity index (χ4n) is 5.02. The van der Waals surface area contributed by atoms with E-state index in [4.69, 9.17) is 0 Å². The molecule has 3 N–H and O–H groups in total. The van der Waals surface area contributed by atoms with Crippen LogP contribution in [-0.2, 0) is 26.1 Å². The average molecular weight is 757 g/mol. The fraction of sp³-hybridized carbons (Fsp3) is 0.265. The minimum absolute atomic E-state index is 0. The molecule has 5 nitrogen and oxygen atoms in total. The molecule has 0 unspecified atom stereocenters. The highest BCUT2D eigenvalue weighted by atomic mass is 127. The van der Waals surface area contributed by atoms with E-state index in [9.17, 15) is 18.7 Å². The van der Waals surface area contributed by atoms with Gasteiger partial charge in [-0.25, -0.2) is 8.78 Å². The number of benzene rings is 4. The predicted octanol–water partition coefficient (Wildman–Crippen LogP) is 6.85. The normalized spacial score (nSPS) is 12.2. The Bertz CT molecular complexity index is 1480. The van der Waals surface area contributed by atoms with E-state index >= 15 is 0 Å². The van der Waals surface area contributed by atoms with E-state index in [2.05, 4.69) is 56.3 Å². The van der Waals surface area contributed by atoms with Crippen LogP contribution in [-0.4, -0.2) is 41.7 Å². The Balaban J connectivity index is 0.00000337. The van der Waals surface area contributed by atoms with Crippen molar-refractivity contribution in [1.29, 1.82) is 0 Å². The maximum absolute atomic E-state index is 14.0. The third kappa shape index (κ3) is 12.1. The molecule has 0 aliphatic rings. The summed E-state index contributed by atoms with van der Waals surface area (Å²) in [5, 5.41) is 17.3. The summed E-state index contributed by atoms with van der Waals surface area (Å²) in [6, 6.07) is 26.3. The van der Waals surface area contributed by atoms with E-state index in [-0.39, 0.29) is 43.7 Å². The lowest BCUT2D eigenvalue weighted by molar-refractivity contribution is 0.0829. The summed E-state index contributed by atoms with van der Waals surface area (Å²) in [6.45, 7) is 4.06.